The Morgan fingerprint density at radius 3 is 1.65 bits per heavy atom. The number of hydrogen-bond acceptors (Lipinski definition) is 2. The van der Waals surface area contributed by atoms with Crippen molar-refractivity contribution < 1.29 is 0 Å². The summed E-state index contributed by atoms with van der Waals surface area (Å²) in [6.45, 7) is 0. The average Bonchev–Trinajstić information content (AvgIpc) is 2.64. The van der Waals surface area contributed by atoms with Crippen LogP contribution >= 0.6 is 0 Å². The number of nitrogens with zero attached hydrogens (tertiary/aromatic N) is 1. The van der Waals surface area contributed by atoms with E-state index in [1.807, 2.05) is 78.9 Å². The largest absolute Gasteiger partial charge is 0.377 e. The monoisotopic (exact) mass is 298 g/mol. The van der Waals surface area contributed by atoms with Gasteiger partial charge in [0.25, 0.3) is 0 Å². The van der Waals surface area contributed by atoms with Gasteiger partial charge in [0.05, 0.1) is 18.0 Å². The molecule has 0 fully saturated rings. The molecule has 3 aromatic carbocycles. The first-order valence-electron chi connectivity index (χ1n) is 7.69. The average molecular weight is 298 g/mol. The van der Waals surface area contributed by atoms with Gasteiger partial charge in [0, 0.05) is 5.69 Å². The van der Waals surface area contributed by atoms with Crippen LogP contribution in [0.25, 0.3) is 0 Å². The molecule has 0 unspecified atom stereocenters. The summed E-state index contributed by atoms with van der Waals surface area (Å²) in [5.41, 5.74) is 3.14. The molecule has 0 aliphatic rings. The van der Waals surface area contributed by atoms with Gasteiger partial charge >= 0.3 is 0 Å². The van der Waals surface area contributed by atoms with Crippen LogP contribution in [-0.2, 0) is 0 Å². The standard InChI is InChI=1S/C21H18N2/c22-16-20(17-10-4-1-5-11-17)21(18-12-6-2-7-13-18)23-19-14-8-3-9-15-19/h1-15,20-21,23H/t20-,21+/m1/s1. The molecule has 0 amide bonds. The lowest BCUT2D eigenvalue weighted by Crippen LogP contribution is -2.18. The predicted molar refractivity (Wildman–Crippen MR) is 94.0 cm³/mol. The first-order valence-corrected chi connectivity index (χ1v) is 7.69. The van der Waals surface area contributed by atoms with Crippen LogP contribution in [0, 0.1) is 11.3 Å². The number of hydrogen-bond donors (Lipinski definition) is 1. The van der Waals surface area contributed by atoms with Gasteiger partial charge in [0.1, 0.15) is 0 Å². The van der Waals surface area contributed by atoms with Crippen molar-refractivity contribution in [1.29, 1.82) is 5.26 Å². The second-order valence-corrected chi connectivity index (χ2v) is 5.42. The topological polar surface area (TPSA) is 35.8 Å². The first-order chi connectivity index (χ1) is 11.4. The smallest absolute Gasteiger partial charge is 0.0955 e. The van der Waals surface area contributed by atoms with E-state index in [0.717, 1.165) is 16.8 Å². The summed E-state index contributed by atoms with van der Waals surface area (Å²) in [6, 6.07) is 32.5. The zero-order chi connectivity index (χ0) is 15.9. The summed E-state index contributed by atoms with van der Waals surface area (Å²) in [5.74, 6) is -0.265. The Bertz CT molecular complexity index is 761. The van der Waals surface area contributed by atoms with Crippen LogP contribution in [0.5, 0.6) is 0 Å². The van der Waals surface area contributed by atoms with Crippen LogP contribution < -0.4 is 5.32 Å². The summed E-state index contributed by atoms with van der Waals surface area (Å²) >= 11 is 0. The van der Waals surface area contributed by atoms with E-state index in [2.05, 4.69) is 23.5 Å². The minimum absolute atomic E-state index is 0.106. The van der Waals surface area contributed by atoms with Crippen LogP contribution in [0.3, 0.4) is 0 Å². The number of anilines is 1. The van der Waals surface area contributed by atoms with Gasteiger partial charge in [0.15, 0.2) is 0 Å². The molecule has 2 nitrogen and oxygen atoms in total. The lowest BCUT2D eigenvalue weighted by Gasteiger charge is -2.25. The van der Waals surface area contributed by atoms with E-state index >= 15 is 0 Å². The lowest BCUT2D eigenvalue weighted by molar-refractivity contribution is 0.701. The van der Waals surface area contributed by atoms with E-state index in [1.54, 1.807) is 0 Å². The Balaban J connectivity index is 1.99. The maximum atomic E-state index is 9.80. The fraction of sp³-hybridized carbons (Fsp3) is 0.0952. The second kappa shape index (κ2) is 7.29. The van der Waals surface area contributed by atoms with E-state index < -0.39 is 0 Å². The van der Waals surface area contributed by atoms with Gasteiger partial charge in [-0.3, -0.25) is 0 Å². The molecular weight excluding hydrogens is 280 g/mol. The summed E-state index contributed by atoms with van der Waals surface area (Å²) in [5, 5.41) is 13.3. The van der Waals surface area contributed by atoms with Gasteiger partial charge in [-0.15, -0.1) is 0 Å². The molecule has 0 saturated heterocycles. The van der Waals surface area contributed by atoms with Gasteiger partial charge in [-0.25, -0.2) is 0 Å². The van der Waals surface area contributed by atoms with Gasteiger partial charge in [0.2, 0.25) is 0 Å². The maximum absolute atomic E-state index is 9.80. The molecule has 23 heavy (non-hydrogen) atoms. The van der Waals surface area contributed by atoms with Gasteiger partial charge in [-0.05, 0) is 23.3 Å². The summed E-state index contributed by atoms with van der Waals surface area (Å²) in [6.07, 6.45) is 0. The van der Waals surface area contributed by atoms with Gasteiger partial charge < -0.3 is 5.32 Å². The minimum Gasteiger partial charge on any atom is -0.377 e. The first kappa shape index (κ1) is 14.9. The highest BCUT2D eigenvalue weighted by Gasteiger charge is 2.24. The SMILES string of the molecule is N#C[C@H](c1ccccc1)[C@@H](Nc1ccccc1)c1ccccc1. The third-order valence-electron chi connectivity index (χ3n) is 3.89. The zero-order valence-electron chi connectivity index (χ0n) is 12.8. The molecule has 0 heterocycles. The number of nitrogens with one attached hydrogen (secondary N) is 1. The molecule has 0 radical (unpaired) electrons. The Hall–Kier alpha value is -3.05. The minimum atomic E-state index is -0.265. The van der Waals surface area contributed by atoms with Crippen LogP contribution in [0.2, 0.25) is 0 Å². The predicted octanol–water partition coefficient (Wildman–Crippen LogP) is 5.15. The highest BCUT2D eigenvalue weighted by atomic mass is 14.9. The van der Waals surface area contributed by atoms with Gasteiger partial charge in [-0.1, -0.05) is 78.9 Å². The van der Waals surface area contributed by atoms with E-state index in [9.17, 15) is 5.26 Å². The van der Waals surface area contributed by atoms with Crippen molar-refractivity contribution in [1.82, 2.24) is 0 Å². The number of benzene rings is 3. The van der Waals surface area contributed by atoms with E-state index in [-0.39, 0.29) is 12.0 Å². The molecule has 2 atom stereocenters. The molecule has 0 bridgehead atoms. The van der Waals surface area contributed by atoms with E-state index in [1.165, 1.54) is 0 Å². The van der Waals surface area contributed by atoms with Crippen molar-refractivity contribution in [2.75, 3.05) is 5.32 Å². The third-order valence-corrected chi connectivity index (χ3v) is 3.89. The van der Waals surface area contributed by atoms with Crippen molar-refractivity contribution >= 4 is 5.69 Å². The van der Waals surface area contributed by atoms with E-state index in [0.29, 0.717) is 0 Å². The highest BCUT2D eigenvalue weighted by Crippen LogP contribution is 2.33. The third kappa shape index (κ3) is 3.59. The van der Waals surface area contributed by atoms with Crippen LogP contribution in [-0.4, -0.2) is 0 Å². The van der Waals surface area contributed by atoms with Crippen LogP contribution in [0.4, 0.5) is 5.69 Å². The lowest BCUT2D eigenvalue weighted by atomic mass is 9.88. The fourth-order valence-electron chi connectivity index (χ4n) is 2.74. The number of rotatable bonds is 5. The quantitative estimate of drug-likeness (QED) is 0.707. The van der Waals surface area contributed by atoms with Crippen molar-refractivity contribution in [3.05, 3.63) is 102 Å². The molecule has 0 aliphatic carbocycles. The molecule has 112 valence electrons. The van der Waals surface area contributed by atoms with Crippen molar-refractivity contribution in [2.45, 2.75) is 12.0 Å². The molecule has 3 aromatic rings. The van der Waals surface area contributed by atoms with Crippen LogP contribution in [0.15, 0.2) is 91.0 Å². The number of nitriles is 1. The summed E-state index contributed by atoms with van der Waals surface area (Å²) < 4.78 is 0. The Morgan fingerprint density at radius 2 is 1.13 bits per heavy atom. The van der Waals surface area contributed by atoms with Crippen molar-refractivity contribution in [3.63, 3.8) is 0 Å². The fourth-order valence-corrected chi connectivity index (χ4v) is 2.74. The highest BCUT2D eigenvalue weighted by molar-refractivity contribution is 5.48. The molecule has 0 aromatic heterocycles. The molecular formula is C21H18N2. The molecule has 0 aliphatic heterocycles. The Kier molecular flexibility index (Phi) is 4.71. The molecule has 0 saturated carbocycles. The molecule has 0 spiro atoms. The summed E-state index contributed by atoms with van der Waals surface area (Å²) in [4.78, 5) is 0. The second-order valence-electron chi connectivity index (χ2n) is 5.42. The van der Waals surface area contributed by atoms with Gasteiger partial charge in [-0.2, -0.15) is 5.26 Å². The van der Waals surface area contributed by atoms with Crippen LogP contribution in [0.1, 0.15) is 23.1 Å². The molecule has 2 heteroatoms. The Morgan fingerprint density at radius 1 is 0.652 bits per heavy atom. The zero-order valence-corrected chi connectivity index (χ0v) is 12.8. The van der Waals surface area contributed by atoms with E-state index in [4.69, 9.17) is 0 Å². The maximum Gasteiger partial charge on any atom is 0.0955 e. The van der Waals surface area contributed by atoms with Crippen molar-refractivity contribution in [3.8, 4) is 6.07 Å². The normalized spacial score (nSPS) is 12.8. The molecule has 1 N–H and O–H groups in total. The Labute approximate surface area is 137 Å². The number of para-hydroxylation sites is 1. The van der Waals surface area contributed by atoms with Crippen molar-refractivity contribution in [2.24, 2.45) is 0 Å². The molecule has 3 rings (SSSR count). The summed E-state index contributed by atoms with van der Waals surface area (Å²) in [7, 11) is 0.